The van der Waals surface area contributed by atoms with E-state index in [0.717, 1.165) is 13.2 Å². The highest BCUT2D eigenvalue weighted by molar-refractivity contribution is 4.96. The fourth-order valence-electron chi connectivity index (χ4n) is 0.887. The number of halogens is 3. The molecule has 1 aliphatic heterocycles. The highest BCUT2D eigenvalue weighted by Gasteiger charge is 2.05. The number of alkyl halides is 3. The van der Waals surface area contributed by atoms with E-state index in [4.69, 9.17) is 0 Å². The topological polar surface area (TPSA) is 6.48 Å². The van der Waals surface area contributed by atoms with Gasteiger partial charge in [-0.2, -0.15) is 13.2 Å². The lowest BCUT2D eigenvalue weighted by molar-refractivity contribution is 0.00819. The summed E-state index contributed by atoms with van der Waals surface area (Å²) in [7, 11) is 0. The van der Waals surface area contributed by atoms with E-state index < -0.39 is 6.68 Å². The lowest BCUT2D eigenvalue weighted by atomic mass is 10.6. The van der Waals surface area contributed by atoms with Gasteiger partial charge in [0.25, 0.3) is 0 Å². The van der Waals surface area contributed by atoms with Crippen molar-refractivity contribution in [2.45, 2.75) is 6.68 Å². The zero-order chi connectivity index (χ0) is 11.0. The Hall–Kier alpha value is -1.39. The summed E-state index contributed by atoms with van der Waals surface area (Å²) in [5.41, 5.74) is 0. The Kier molecular flexibility index (Phi) is 6.36. The SMILES string of the molecule is C=CCN1C=CN(C=C)C1.FC(F)F. The third-order valence-corrected chi connectivity index (χ3v) is 1.41. The van der Waals surface area contributed by atoms with Crippen LogP contribution >= 0.6 is 0 Å². The first kappa shape index (κ1) is 12.6. The van der Waals surface area contributed by atoms with Crippen molar-refractivity contribution < 1.29 is 13.2 Å². The molecule has 1 heterocycles. The summed E-state index contributed by atoms with van der Waals surface area (Å²) in [5, 5.41) is 0. The predicted octanol–water partition coefficient (Wildman–Crippen LogP) is 2.54. The first-order chi connectivity index (χ1) is 6.60. The second-order valence-corrected chi connectivity index (χ2v) is 2.44. The molecule has 0 bridgehead atoms. The van der Waals surface area contributed by atoms with Gasteiger partial charge in [0.05, 0.1) is 6.67 Å². The Morgan fingerprint density at radius 1 is 1.29 bits per heavy atom. The van der Waals surface area contributed by atoms with E-state index in [1.54, 1.807) is 6.20 Å². The Bertz CT molecular complexity index is 201. The van der Waals surface area contributed by atoms with Crippen molar-refractivity contribution in [2.24, 2.45) is 0 Å². The van der Waals surface area contributed by atoms with Gasteiger partial charge in [-0.15, -0.1) is 6.58 Å². The summed E-state index contributed by atoms with van der Waals surface area (Å²) in [6.07, 6.45) is 7.72. The number of hydrogen-bond acceptors (Lipinski definition) is 2. The molecule has 0 aromatic rings. The van der Waals surface area contributed by atoms with E-state index >= 15 is 0 Å². The molecule has 0 saturated heterocycles. The number of nitrogens with zero attached hydrogens (tertiary/aromatic N) is 2. The van der Waals surface area contributed by atoms with Gasteiger partial charge < -0.3 is 9.80 Å². The minimum atomic E-state index is -3.67. The average Bonchev–Trinajstić information content (AvgIpc) is 2.52. The van der Waals surface area contributed by atoms with Crippen LogP contribution in [0.1, 0.15) is 0 Å². The quantitative estimate of drug-likeness (QED) is 0.655. The summed E-state index contributed by atoms with van der Waals surface area (Å²) >= 11 is 0. The van der Waals surface area contributed by atoms with E-state index in [9.17, 15) is 13.2 Å². The van der Waals surface area contributed by atoms with E-state index in [0.29, 0.717) is 0 Å². The molecule has 0 aliphatic carbocycles. The molecular formula is C9H13F3N2. The molecule has 0 aromatic heterocycles. The van der Waals surface area contributed by atoms with Gasteiger partial charge in [0.1, 0.15) is 0 Å². The van der Waals surface area contributed by atoms with E-state index in [1.165, 1.54) is 0 Å². The van der Waals surface area contributed by atoms with Crippen LogP contribution in [0.2, 0.25) is 0 Å². The molecule has 0 amide bonds. The van der Waals surface area contributed by atoms with Crippen LogP contribution in [0.5, 0.6) is 0 Å². The third-order valence-electron chi connectivity index (χ3n) is 1.41. The molecule has 0 radical (unpaired) electrons. The molecule has 5 heteroatoms. The lowest BCUT2D eigenvalue weighted by Crippen LogP contribution is -2.21. The van der Waals surface area contributed by atoms with Crippen molar-refractivity contribution >= 4 is 0 Å². The molecule has 1 rings (SSSR count). The lowest BCUT2D eigenvalue weighted by Gasteiger charge is -2.15. The van der Waals surface area contributed by atoms with Crippen molar-refractivity contribution in [1.29, 1.82) is 0 Å². The maximum absolute atomic E-state index is 9.67. The molecule has 0 spiro atoms. The van der Waals surface area contributed by atoms with Crippen molar-refractivity contribution in [2.75, 3.05) is 13.2 Å². The van der Waals surface area contributed by atoms with Gasteiger partial charge in [-0.1, -0.05) is 12.7 Å². The van der Waals surface area contributed by atoms with Crippen LogP contribution in [0.25, 0.3) is 0 Å². The second kappa shape index (κ2) is 7.06. The predicted molar refractivity (Wildman–Crippen MR) is 50.1 cm³/mol. The third kappa shape index (κ3) is 6.16. The Labute approximate surface area is 81.6 Å². The molecular weight excluding hydrogens is 193 g/mol. The molecule has 2 nitrogen and oxygen atoms in total. The molecule has 80 valence electrons. The summed E-state index contributed by atoms with van der Waals surface area (Å²) < 4.78 is 29.0. The maximum Gasteiger partial charge on any atom is 0.379 e. The van der Waals surface area contributed by atoms with Crippen LogP contribution in [0.15, 0.2) is 37.8 Å². The molecule has 0 aromatic carbocycles. The van der Waals surface area contributed by atoms with Gasteiger partial charge in [0, 0.05) is 18.9 Å². The van der Waals surface area contributed by atoms with Crippen LogP contribution in [0.4, 0.5) is 13.2 Å². The normalized spacial score (nSPS) is 14.0. The smallest absolute Gasteiger partial charge is 0.355 e. The van der Waals surface area contributed by atoms with Crippen LogP contribution in [-0.2, 0) is 0 Å². The first-order valence-electron chi connectivity index (χ1n) is 3.94. The minimum Gasteiger partial charge on any atom is -0.355 e. The number of rotatable bonds is 3. The van der Waals surface area contributed by atoms with Gasteiger partial charge in [0.15, 0.2) is 0 Å². The molecule has 0 fully saturated rings. The van der Waals surface area contributed by atoms with Gasteiger partial charge >= 0.3 is 6.68 Å². The fraction of sp³-hybridized carbons (Fsp3) is 0.333. The molecule has 0 saturated carbocycles. The Morgan fingerprint density at radius 2 is 1.86 bits per heavy atom. The molecule has 0 atom stereocenters. The van der Waals surface area contributed by atoms with Crippen LogP contribution in [0.3, 0.4) is 0 Å². The molecule has 1 aliphatic rings. The monoisotopic (exact) mass is 206 g/mol. The van der Waals surface area contributed by atoms with Crippen molar-refractivity contribution in [3.05, 3.63) is 37.8 Å². The highest BCUT2D eigenvalue weighted by atomic mass is 19.4. The first-order valence-corrected chi connectivity index (χ1v) is 3.94. The highest BCUT2D eigenvalue weighted by Crippen LogP contribution is 2.04. The maximum atomic E-state index is 9.67. The minimum absolute atomic E-state index is 0.898. The van der Waals surface area contributed by atoms with Gasteiger partial charge in [-0.25, -0.2) is 0 Å². The van der Waals surface area contributed by atoms with Crippen LogP contribution < -0.4 is 0 Å². The van der Waals surface area contributed by atoms with E-state index in [-0.39, 0.29) is 0 Å². The Balaban J connectivity index is 0.000000364. The average molecular weight is 206 g/mol. The second-order valence-electron chi connectivity index (χ2n) is 2.44. The van der Waals surface area contributed by atoms with Gasteiger partial charge in [-0.05, 0) is 6.20 Å². The zero-order valence-electron chi connectivity index (χ0n) is 7.74. The molecule has 0 N–H and O–H groups in total. The molecule has 0 unspecified atom stereocenters. The van der Waals surface area contributed by atoms with E-state index in [2.05, 4.69) is 18.1 Å². The van der Waals surface area contributed by atoms with Crippen LogP contribution in [-0.4, -0.2) is 29.7 Å². The van der Waals surface area contributed by atoms with Crippen molar-refractivity contribution in [1.82, 2.24) is 9.80 Å². The summed E-state index contributed by atoms with van der Waals surface area (Å²) in [6.45, 7) is 5.45. The largest absolute Gasteiger partial charge is 0.379 e. The van der Waals surface area contributed by atoms with E-state index in [1.807, 2.05) is 23.4 Å². The summed E-state index contributed by atoms with van der Waals surface area (Å²) in [6, 6.07) is 0. The van der Waals surface area contributed by atoms with Crippen molar-refractivity contribution in [3.63, 3.8) is 0 Å². The van der Waals surface area contributed by atoms with Crippen molar-refractivity contribution in [3.8, 4) is 0 Å². The standard InChI is InChI=1S/C8H12N2.CHF3/c1-3-5-10-7-6-9(4-2)8-10;2-1(3)4/h3-4,6-7H,1-2,5,8H2;1H. The van der Waals surface area contributed by atoms with Crippen LogP contribution in [0, 0.1) is 0 Å². The Morgan fingerprint density at radius 3 is 2.21 bits per heavy atom. The number of hydrogen-bond donors (Lipinski definition) is 0. The van der Waals surface area contributed by atoms with Gasteiger partial charge in [0.2, 0.25) is 0 Å². The summed E-state index contributed by atoms with van der Waals surface area (Å²) in [4.78, 5) is 4.16. The summed E-state index contributed by atoms with van der Waals surface area (Å²) in [5.74, 6) is 0. The fourth-order valence-corrected chi connectivity index (χ4v) is 0.887. The zero-order valence-corrected chi connectivity index (χ0v) is 7.74. The van der Waals surface area contributed by atoms with Gasteiger partial charge in [-0.3, -0.25) is 0 Å². The molecule has 14 heavy (non-hydrogen) atoms.